The lowest BCUT2D eigenvalue weighted by Crippen LogP contribution is -2.35. The Morgan fingerprint density at radius 3 is 2.79 bits per heavy atom. The van der Waals surface area contributed by atoms with Crippen molar-refractivity contribution in [3.05, 3.63) is 23.8 Å². The van der Waals surface area contributed by atoms with Gasteiger partial charge in [-0.15, -0.1) is 0 Å². The molecule has 1 aliphatic heterocycles. The van der Waals surface area contributed by atoms with Crippen molar-refractivity contribution < 1.29 is 13.2 Å². The van der Waals surface area contributed by atoms with Gasteiger partial charge in [0.15, 0.2) is 0 Å². The average molecular weight is 283 g/mol. The molecule has 1 heterocycles. The highest BCUT2D eigenvalue weighted by Gasteiger charge is 2.23. The molecular weight excluding hydrogens is 266 g/mol. The number of rotatable bonds is 3. The van der Waals surface area contributed by atoms with E-state index in [2.05, 4.69) is 10.6 Å². The predicted octanol–water partition coefficient (Wildman–Crippen LogP) is 0.333. The van der Waals surface area contributed by atoms with Crippen LogP contribution in [-0.2, 0) is 14.8 Å². The summed E-state index contributed by atoms with van der Waals surface area (Å²) >= 11 is 0. The molecule has 7 heteroatoms. The number of primary sulfonamides is 1. The molecule has 0 radical (unpaired) electrons. The van der Waals surface area contributed by atoms with Gasteiger partial charge < -0.3 is 10.6 Å². The van der Waals surface area contributed by atoms with Crippen LogP contribution in [0.3, 0.4) is 0 Å². The van der Waals surface area contributed by atoms with Crippen LogP contribution >= 0.6 is 0 Å². The number of hydrogen-bond acceptors (Lipinski definition) is 4. The largest absolute Gasteiger partial charge is 0.324 e. The van der Waals surface area contributed by atoms with E-state index in [9.17, 15) is 13.2 Å². The molecule has 1 amide bonds. The highest BCUT2D eigenvalue weighted by atomic mass is 32.2. The van der Waals surface area contributed by atoms with Crippen molar-refractivity contribution in [3.8, 4) is 0 Å². The number of carbonyl (C=O) groups excluding carboxylic acids is 1. The number of hydrogen-bond donors (Lipinski definition) is 3. The number of carbonyl (C=O) groups is 1. The van der Waals surface area contributed by atoms with Gasteiger partial charge in [-0.3, -0.25) is 4.79 Å². The van der Waals surface area contributed by atoms with E-state index in [1.54, 1.807) is 19.1 Å². The van der Waals surface area contributed by atoms with Crippen molar-refractivity contribution in [2.75, 3.05) is 11.9 Å². The zero-order chi connectivity index (χ0) is 14.0. The van der Waals surface area contributed by atoms with E-state index in [0.29, 0.717) is 11.3 Å². The summed E-state index contributed by atoms with van der Waals surface area (Å²) in [7, 11) is -3.78. The Morgan fingerprint density at radius 1 is 1.47 bits per heavy atom. The first-order chi connectivity index (χ1) is 8.89. The fraction of sp³-hybridized carbons (Fsp3) is 0.417. The fourth-order valence-corrected chi connectivity index (χ4v) is 2.99. The maximum absolute atomic E-state index is 12.0. The third kappa shape index (κ3) is 3.12. The quantitative estimate of drug-likeness (QED) is 0.744. The maximum atomic E-state index is 12.0. The lowest BCUT2D eigenvalue weighted by Gasteiger charge is -2.14. The molecule has 0 aliphatic carbocycles. The molecule has 1 aromatic carbocycles. The minimum atomic E-state index is -3.78. The molecule has 0 unspecified atom stereocenters. The Kier molecular flexibility index (Phi) is 3.88. The lowest BCUT2D eigenvalue weighted by molar-refractivity contribution is -0.117. The molecule has 1 aromatic rings. The van der Waals surface area contributed by atoms with Crippen LogP contribution < -0.4 is 15.8 Å². The van der Waals surface area contributed by atoms with Crippen molar-refractivity contribution in [2.45, 2.75) is 30.7 Å². The van der Waals surface area contributed by atoms with Crippen LogP contribution in [0.4, 0.5) is 5.69 Å². The Balaban J connectivity index is 2.24. The van der Waals surface area contributed by atoms with Crippen LogP contribution in [0.2, 0.25) is 0 Å². The molecule has 6 nitrogen and oxygen atoms in total. The van der Waals surface area contributed by atoms with Gasteiger partial charge in [-0.05, 0) is 44.0 Å². The number of benzene rings is 1. The molecule has 1 fully saturated rings. The molecule has 0 bridgehead atoms. The van der Waals surface area contributed by atoms with E-state index < -0.39 is 10.0 Å². The number of nitrogens with one attached hydrogen (secondary N) is 2. The van der Waals surface area contributed by atoms with E-state index >= 15 is 0 Å². The van der Waals surface area contributed by atoms with Gasteiger partial charge in [0.2, 0.25) is 15.9 Å². The normalized spacial score (nSPS) is 19.4. The van der Waals surface area contributed by atoms with Crippen LogP contribution in [0.1, 0.15) is 18.4 Å². The summed E-state index contributed by atoms with van der Waals surface area (Å²) in [5, 5.41) is 11.0. The van der Waals surface area contributed by atoms with Gasteiger partial charge in [0.1, 0.15) is 0 Å². The first kappa shape index (κ1) is 14.0. The second kappa shape index (κ2) is 5.28. The Hall–Kier alpha value is -1.44. The number of sulfonamides is 1. The summed E-state index contributed by atoms with van der Waals surface area (Å²) < 4.78 is 22.8. The summed E-state index contributed by atoms with van der Waals surface area (Å²) in [5.41, 5.74) is 0.932. The highest BCUT2D eigenvalue weighted by Crippen LogP contribution is 2.22. The van der Waals surface area contributed by atoms with E-state index in [1.165, 1.54) is 6.07 Å². The van der Waals surface area contributed by atoms with Crippen molar-refractivity contribution in [1.29, 1.82) is 0 Å². The first-order valence-electron chi connectivity index (χ1n) is 6.06. The number of nitrogens with two attached hydrogens (primary N) is 1. The van der Waals surface area contributed by atoms with Crippen LogP contribution in [0.5, 0.6) is 0 Å². The summed E-state index contributed by atoms with van der Waals surface area (Å²) in [4.78, 5) is 12.0. The predicted molar refractivity (Wildman–Crippen MR) is 72.2 cm³/mol. The molecular formula is C12H17N3O3S. The second-order valence-electron chi connectivity index (χ2n) is 4.61. The van der Waals surface area contributed by atoms with E-state index in [4.69, 9.17) is 5.14 Å². The van der Waals surface area contributed by atoms with Gasteiger partial charge in [-0.25, -0.2) is 13.6 Å². The van der Waals surface area contributed by atoms with Crippen molar-refractivity contribution in [2.24, 2.45) is 5.14 Å². The zero-order valence-corrected chi connectivity index (χ0v) is 11.5. The monoisotopic (exact) mass is 283 g/mol. The molecule has 19 heavy (non-hydrogen) atoms. The first-order valence-corrected chi connectivity index (χ1v) is 7.61. The zero-order valence-electron chi connectivity index (χ0n) is 10.6. The summed E-state index contributed by atoms with van der Waals surface area (Å²) in [6.45, 7) is 2.45. The smallest absolute Gasteiger partial charge is 0.241 e. The lowest BCUT2D eigenvalue weighted by atomic mass is 10.1. The van der Waals surface area contributed by atoms with Crippen LogP contribution in [0, 0.1) is 6.92 Å². The molecule has 0 aromatic heterocycles. The topological polar surface area (TPSA) is 101 Å². The summed E-state index contributed by atoms with van der Waals surface area (Å²) in [5.74, 6) is -0.146. The van der Waals surface area contributed by atoms with Crippen LogP contribution in [0.15, 0.2) is 23.1 Å². The van der Waals surface area contributed by atoms with E-state index in [0.717, 1.165) is 19.4 Å². The number of amides is 1. The molecule has 1 aliphatic rings. The number of anilines is 1. The van der Waals surface area contributed by atoms with Gasteiger partial charge >= 0.3 is 0 Å². The van der Waals surface area contributed by atoms with Crippen molar-refractivity contribution in [3.63, 3.8) is 0 Å². The summed E-state index contributed by atoms with van der Waals surface area (Å²) in [6.07, 6.45) is 1.76. The van der Waals surface area contributed by atoms with E-state index in [-0.39, 0.29) is 16.8 Å². The van der Waals surface area contributed by atoms with Gasteiger partial charge in [-0.2, -0.15) is 0 Å². The van der Waals surface area contributed by atoms with E-state index in [1.807, 2.05) is 0 Å². The Morgan fingerprint density at radius 2 is 2.21 bits per heavy atom. The SMILES string of the molecule is Cc1c(NC(=O)[C@@H]2CCCN2)cccc1S(N)(=O)=O. The molecule has 2 rings (SSSR count). The second-order valence-corrected chi connectivity index (χ2v) is 6.14. The van der Waals surface area contributed by atoms with Gasteiger partial charge in [-0.1, -0.05) is 6.07 Å². The van der Waals surface area contributed by atoms with Gasteiger partial charge in [0.05, 0.1) is 10.9 Å². The van der Waals surface area contributed by atoms with Crippen LogP contribution in [-0.4, -0.2) is 26.9 Å². The third-order valence-corrected chi connectivity index (χ3v) is 4.28. The molecule has 1 atom stereocenters. The van der Waals surface area contributed by atoms with Crippen molar-refractivity contribution >= 4 is 21.6 Å². The molecule has 4 N–H and O–H groups in total. The van der Waals surface area contributed by atoms with Gasteiger partial charge in [0, 0.05) is 5.69 Å². The van der Waals surface area contributed by atoms with Gasteiger partial charge in [0.25, 0.3) is 0 Å². The summed E-state index contributed by atoms with van der Waals surface area (Å²) in [6, 6.07) is 4.44. The molecule has 0 saturated carbocycles. The molecule has 1 saturated heterocycles. The Bertz CT molecular complexity index is 592. The van der Waals surface area contributed by atoms with Crippen LogP contribution in [0.25, 0.3) is 0 Å². The minimum absolute atomic E-state index is 0.0321. The molecule has 0 spiro atoms. The standard InChI is InChI=1S/C12H17N3O3S/c1-8-9(4-2-6-11(8)19(13,17)18)15-12(16)10-5-3-7-14-10/h2,4,6,10,14H,3,5,7H2,1H3,(H,15,16)(H2,13,17,18)/t10-/m0/s1. The minimum Gasteiger partial charge on any atom is -0.324 e. The third-order valence-electron chi connectivity index (χ3n) is 3.23. The van der Waals surface area contributed by atoms with Crippen molar-refractivity contribution in [1.82, 2.24) is 5.32 Å². The fourth-order valence-electron chi connectivity index (χ4n) is 2.19. The average Bonchev–Trinajstić information content (AvgIpc) is 2.83. The molecule has 104 valence electrons. The maximum Gasteiger partial charge on any atom is 0.241 e. The Labute approximate surface area is 112 Å². The highest BCUT2D eigenvalue weighted by molar-refractivity contribution is 7.89.